The predicted molar refractivity (Wildman–Crippen MR) is 116 cm³/mol. The third-order valence-corrected chi connectivity index (χ3v) is 5.47. The molecule has 0 N–H and O–H groups in total. The summed E-state index contributed by atoms with van der Waals surface area (Å²) in [6.45, 7) is 7.84. The maximum Gasteiger partial charge on any atom is 0.410 e. The minimum atomic E-state index is -2.59. The van der Waals surface area contributed by atoms with Crippen LogP contribution in [0, 0.1) is 0 Å². The Bertz CT molecular complexity index is 883. The van der Waals surface area contributed by atoms with Crippen LogP contribution in [0.2, 0.25) is 0 Å². The number of carbonyl (C=O) groups is 2. The third-order valence-electron chi connectivity index (χ3n) is 5.47. The lowest BCUT2D eigenvalue weighted by molar-refractivity contribution is -0.138. The molecule has 1 aliphatic carbocycles. The van der Waals surface area contributed by atoms with Crippen LogP contribution in [-0.2, 0) is 20.7 Å². The van der Waals surface area contributed by atoms with E-state index >= 15 is 0 Å². The topological polar surface area (TPSA) is 65.1 Å². The van der Waals surface area contributed by atoms with Gasteiger partial charge in [-0.05, 0) is 75.3 Å². The van der Waals surface area contributed by atoms with E-state index in [1.54, 1.807) is 24.0 Å². The Labute approximate surface area is 187 Å². The molecule has 1 amide bonds. The normalized spacial score (nSPS) is 16.6. The first-order valence-electron chi connectivity index (χ1n) is 11.0. The van der Waals surface area contributed by atoms with Gasteiger partial charge < -0.3 is 19.1 Å². The zero-order valence-electron chi connectivity index (χ0n) is 19.1. The van der Waals surface area contributed by atoms with Gasteiger partial charge in [-0.15, -0.1) is 0 Å². The van der Waals surface area contributed by atoms with Crippen LogP contribution in [0.4, 0.5) is 13.6 Å². The first-order valence-corrected chi connectivity index (χ1v) is 11.0. The SMILES string of the molecule is CCOC(=O)C1=Cc2cc(OCC(F)F)c(C3CCN(C(=O)OC(C)(C)C)CC3)cc2C1. The number of ether oxygens (including phenoxy) is 3. The smallest absolute Gasteiger partial charge is 0.410 e. The van der Waals surface area contributed by atoms with E-state index < -0.39 is 18.6 Å². The zero-order chi connectivity index (χ0) is 23.5. The number of carbonyl (C=O) groups excluding carboxylic acids is 2. The van der Waals surface area contributed by atoms with Crippen molar-refractivity contribution in [3.05, 3.63) is 34.4 Å². The summed E-state index contributed by atoms with van der Waals surface area (Å²) in [5, 5.41) is 0. The van der Waals surface area contributed by atoms with E-state index in [2.05, 4.69) is 0 Å². The minimum Gasteiger partial charge on any atom is -0.487 e. The number of nitrogens with zero attached hydrogens (tertiary/aromatic N) is 1. The minimum absolute atomic E-state index is 0.0540. The highest BCUT2D eigenvalue weighted by Gasteiger charge is 2.30. The lowest BCUT2D eigenvalue weighted by atomic mass is 9.87. The molecular weight excluding hydrogens is 420 g/mol. The van der Waals surface area contributed by atoms with E-state index in [1.165, 1.54) is 0 Å². The standard InChI is InChI=1S/C24H31F2NO5/c1-5-30-22(28)18-10-16-12-19(20(13-17(16)11-18)31-14-21(25)26)15-6-8-27(9-7-15)23(29)32-24(2,3)4/h11-13,15,21H,5-10,14H2,1-4H3. The van der Waals surface area contributed by atoms with Crippen molar-refractivity contribution in [2.45, 2.75) is 64.9 Å². The number of fused-ring (bicyclic) bond motifs is 1. The highest BCUT2D eigenvalue weighted by atomic mass is 19.3. The Morgan fingerprint density at radius 3 is 2.47 bits per heavy atom. The van der Waals surface area contributed by atoms with E-state index in [9.17, 15) is 18.4 Å². The molecule has 6 nitrogen and oxygen atoms in total. The number of hydrogen-bond donors (Lipinski definition) is 0. The van der Waals surface area contributed by atoms with Crippen molar-refractivity contribution in [3.63, 3.8) is 0 Å². The maximum absolute atomic E-state index is 12.8. The molecule has 32 heavy (non-hydrogen) atoms. The summed E-state index contributed by atoms with van der Waals surface area (Å²) in [6, 6.07) is 3.69. The molecule has 1 fully saturated rings. The van der Waals surface area contributed by atoms with E-state index in [-0.39, 0.29) is 24.6 Å². The fraction of sp³-hybridized carbons (Fsp3) is 0.583. The van der Waals surface area contributed by atoms with E-state index in [4.69, 9.17) is 14.2 Å². The van der Waals surface area contributed by atoms with Gasteiger partial charge in [-0.25, -0.2) is 18.4 Å². The lowest BCUT2D eigenvalue weighted by Crippen LogP contribution is -2.41. The first-order chi connectivity index (χ1) is 15.1. The van der Waals surface area contributed by atoms with Gasteiger partial charge in [-0.1, -0.05) is 6.07 Å². The summed E-state index contributed by atoms with van der Waals surface area (Å²) in [5.41, 5.74) is 2.55. The Morgan fingerprint density at radius 2 is 1.88 bits per heavy atom. The summed E-state index contributed by atoms with van der Waals surface area (Å²) in [7, 11) is 0. The van der Waals surface area contributed by atoms with Gasteiger partial charge in [0.2, 0.25) is 0 Å². The van der Waals surface area contributed by atoms with Gasteiger partial charge in [-0.3, -0.25) is 0 Å². The number of piperidine rings is 1. The average molecular weight is 452 g/mol. The summed E-state index contributed by atoms with van der Waals surface area (Å²) in [4.78, 5) is 26.2. The summed E-state index contributed by atoms with van der Waals surface area (Å²) in [5.74, 6) is 0.0883. The number of halogens is 2. The molecule has 0 unspecified atom stereocenters. The molecule has 1 aliphatic heterocycles. The maximum atomic E-state index is 12.8. The summed E-state index contributed by atoms with van der Waals surface area (Å²) >= 11 is 0. The van der Waals surface area contributed by atoms with Gasteiger partial charge in [0, 0.05) is 25.1 Å². The number of likely N-dealkylation sites (tertiary alicyclic amines) is 1. The second kappa shape index (κ2) is 9.88. The van der Waals surface area contributed by atoms with Gasteiger partial charge >= 0.3 is 12.1 Å². The molecule has 1 saturated heterocycles. The number of hydrogen-bond acceptors (Lipinski definition) is 5. The highest BCUT2D eigenvalue weighted by Crippen LogP contribution is 2.39. The number of alkyl halides is 2. The van der Waals surface area contributed by atoms with Crippen molar-refractivity contribution in [1.29, 1.82) is 0 Å². The van der Waals surface area contributed by atoms with E-state index in [1.807, 2.05) is 26.8 Å². The third kappa shape index (κ3) is 5.99. The monoisotopic (exact) mass is 451 g/mol. The van der Waals surface area contributed by atoms with Gasteiger partial charge in [0.1, 0.15) is 18.0 Å². The molecule has 1 aromatic rings. The van der Waals surface area contributed by atoms with Gasteiger partial charge in [0.05, 0.1) is 6.61 Å². The Balaban J connectivity index is 1.77. The fourth-order valence-corrected chi connectivity index (χ4v) is 4.04. The van der Waals surface area contributed by atoms with Crippen molar-refractivity contribution in [3.8, 4) is 5.75 Å². The molecule has 176 valence electrons. The van der Waals surface area contributed by atoms with Crippen molar-refractivity contribution in [2.24, 2.45) is 0 Å². The van der Waals surface area contributed by atoms with Crippen molar-refractivity contribution < 1.29 is 32.6 Å². The molecule has 0 saturated carbocycles. The highest BCUT2D eigenvalue weighted by molar-refractivity contribution is 5.96. The molecule has 0 aromatic heterocycles. The molecule has 3 rings (SSSR count). The van der Waals surface area contributed by atoms with Crippen LogP contribution in [0.25, 0.3) is 6.08 Å². The van der Waals surface area contributed by atoms with E-state index in [0.29, 0.717) is 43.7 Å². The molecule has 0 atom stereocenters. The molecular formula is C24H31F2NO5. The Hall–Kier alpha value is -2.64. The second-order valence-electron chi connectivity index (χ2n) is 9.10. The molecule has 8 heteroatoms. The molecule has 0 spiro atoms. The van der Waals surface area contributed by atoms with Crippen LogP contribution < -0.4 is 4.74 Å². The molecule has 2 aliphatic rings. The lowest BCUT2D eigenvalue weighted by Gasteiger charge is -2.34. The number of rotatable bonds is 6. The predicted octanol–water partition coefficient (Wildman–Crippen LogP) is 4.95. The van der Waals surface area contributed by atoms with Gasteiger partial charge in [-0.2, -0.15) is 0 Å². The van der Waals surface area contributed by atoms with Crippen LogP contribution in [0.5, 0.6) is 5.75 Å². The first kappa shape index (κ1) is 24.0. The molecule has 0 radical (unpaired) electrons. The van der Waals surface area contributed by atoms with Crippen LogP contribution in [0.1, 0.15) is 63.1 Å². The van der Waals surface area contributed by atoms with Gasteiger partial charge in [0.15, 0.2) is 0 Å². The van der Waals surface area contributed by atoms with Crippen LogP contribution in [0.15, 0.2) is 17.7 Å². The number of esters is 1. The van der Waals surface area contributed by atoms with Crippen molar-refractivity contribution >= 4 is 18.1 Å². The van der Waals surface area contributed by atoms with Crippen LogP contribution in [-0.4, -0.2) is 55.3 Å². The zero-order valence-corrected chi connectivity index (χ0v) is 19.1. The van der Waals surface area contributed by atoms with Crippen molar-refractivity contribution in [2.75, 3.05) is 26.3 Å². The summed E-state index contributed by atoms with van der Waals surface area (Å²) < 4.78 is 41.7. The molecule has 1 heterocycles. The van der Waals surface area contributed by atoms with Gasteiger partial charge in [0.25, 0.3) is 6.43 Å². The Morgan fingerprint density at radius 1 is 1.19 bits per heavy atom. The fourth-order valence-electron chi connectivity index (χ4n) is 4.04. The average Bonchev–Trinajstić information content (AvgIpc) is 3.13. The van der Waals surface area contributed by atoms with Crippen LogP contribution in [0.3, 0.4) is 0 Å². The summed E-state index contributed by atoms with van der Waals surface area (Å²) in [6.07, 6.45) is 0.575. The van der Waals surface area contributed by atoms with Crippen molar-refractivity contribution in [1.82, 2.24) is 4.90 Å². The van der Waals surface area contributed by atoms with E-state index in [0.717, 1.165) is 16.7 Å². The quantitative estimate of drug-likeness (QED) is 0.573. The van der Waals surface area contributed by atoms with Crippen LogP contribution >= 0.6 is 0 Å². The Kier molecular flexibility index (Phi) is 7.41. The largest absolute Gasteiger partial charge is 0.487 e. The molecule has 1 aromatic carbocycles. The molecule has 0 bridgehead atoms. The second-order valence-corrected chi connectivity index (χ2v) is 9.10. The number of benzene rings is 1. The number of amides is 1.